The van der Waals surface area contributed by atoms with Gasteiger partial charge in [-0.3, -0.25) is 4.79 Å². The van der Waals surface area contributed by atoms with Crippen LogP contribution in [0.5, 0.6) is 0 Å². The lowest BCUT2D eigenvalue weighted by molar-refractivity contribution is 0.112. The van der Waals surface area contributed by atoms with Crippen LogP contribution in [-0.4, -0.2) is 10.9 Å². The predicted octanol–water partition coefficient (Wildman–Crippen LogP) is 1.81. The molecule has 0 N–H and O–H groups in total. The number of nitriles is 1. The van der Waals surface area contributed by atoms with Crippen LogP contribution in [0, 0.1) is 11.3 Å². The fraction of sp³-hybridized carbons (Fsp3) is 0.0909. The summed E-state index contributed by atoms with van der Waals surface area (Å²) in [6, 6.07) is 7.18. The Morgan fingerprint density at radius 2 is 2.47 bits per heavy atom. The molecular formula is C11H8N2O2. The minimum absolute atomic E-state index is 0.452. The van der Waals surface area contributed by atoms with Crippen LogP contribution in [0.4, 0.5) is 0 Å². The Hall–Kier alpha value is -2.28. The van der Waals surface area contributed by atoms with Gasteiger partial charge >= 0.3 is 0 Å². The van der Waals surface area contributed by atoms with Crippen molar-refractivity contribution in [3.05, 3.63) is 47.7 Å². The first-order valence-electron chi connectivity index (χ1n) is 4.41. The smallest absolute Gasteiger partial charge is 0.151 e. The SMILES string of the molecule is N#Cc1cc(C=O)cn1Cc1ccco1. The molecule has 0 amide bonds. The molecule has 2 aromatic heterocycles. The third kappa shape index (κ3) is 1.81. The molecule has 0 spiro atoms. The number of hydrogen-bond donors (Lipinski definition) is 0. The lowest BCUT2D eigenvalue weighted by Crippen LogP contribution is -1.99. The molecule has 0 fully saturated rings. The van der Waals surface area contributed by atoms with Gasteiger partial charge in [-0.1, -0.05) is 0 Å². The first-order valence-corrected chi connectivity index (χ1v) is 4.41. The van der Waals surface area contributed by atoms with E-state index in [0.29, 0.717) is 17.8 Å². The van der Waals surface area contributed by atoms with Crippen LogP contribution in [0.15, 0.2) is 35.1 Å². The normalized spacial score (nSPS) is 9.80. The second-order valence-electron chi connectivity index (χ2n) is 3.10. The van der Waals surface area contributed by atoms with Crippen molar-refractivity contribution in [2.45, 2.75) is 6.54 Å². The summed E-state index contributed by atoms with van der Waals surface area (Å²) in [5.41, 5.74) is 0.951. The van der Waals surface area contributed by atoms with Gasteiger partial charge in [0.25, 0.3) is 0 Å². The summed E-state index contributed by atoms with van der Waals surface area (Å²) in [5, 5.41) is 8.84. The standard InChI is InChI=1S/C11H8N2O2/c12-5-10-4-9(8-14)6-13(10)7-11-2-1-3-15-11/h1-4,6,8H,7H2. The number of rotatable bonds is 3. The highest BCUT2D eigenvalue weighted by Crippen LogP contribution is 2.10. The van der Waals surface area contributed by atoms with E-state index >= 15 is 0 Å². The van der Waals surface area contributed by atoms with E-state index in [1.807, 2.05) is 12.1 Å². The molecule has 0 atom stereocenters. The van der Waals surface area contributed by atoms with E-state index in [-0.39, 0.29) is 0 Å². The second-order valence-corrected chi connectivity index (χ2v) is 3.10. The van der Waals surface area contributed by atoms with Crippen LogP contribution in [0.2, 0.25) is 0 Å². The van der Waals surface area contributed by atoms with Crippen molar-refractivity contribution >= 4 is 6.29 Å². The third-order valence-corrected chi connectivity index (χ3v) is 2.07. The summed E-state index contributed by atoms with van der Waals surface area (Å²) in [7, 11) is 0. The number of carbonyl (C=O) groups excluding carboxylic acids is 1. The first kappa shape index (κ1) is 9.28. The van der Waals surface area contributed by atoms with Crippen LogP contribution >= 0.6 is 0 Å². The number of furan rings is 1. The summed E-state index contributed by atoms with van der Waals surface area (Å²) < 4.78 is 6.84. The van der Waals surface area contributed by atoms with Gasteiger partial charge in [0.15, 0.2) is 6.29 Å². The molecule has 0 bridgehead atoms. The summed E-state index contributed by atoms with van der Waals surface area (Å²) in [6.07, 6.45) is 3.93. The van der Waals surface area contributed by atoms with E-state index in [1.54, 1.807) is 29.2 Å². The molecule has 0 aliphatic rings. The molecular weight excluding hydrogens is 192 g/mol. The van der Waals surface area contributed by atoms with Gasteiger partial charge in [0.2, 0.25) is 0 Å². The molecule has 2 rings (SSSR count). The van der Waals surface area contributed by atoms with E-state index in [1.165, 1.54) is 0 Å². The highest BCUT2D eigenvalue weighted by molar-refractivity contribution is 5.75. The molecule has 0 aliphatic carbocycles. The Labute approximate surface area is 86.4 Å². The van der Waals surface area contributed by atoms with E-state index in [9.17, 15) is 4.79 Å². The Kier molecular flexibility index (Phi) is 2.38. The third-order valence-electron chi connectivity index (χ3n) is 2.07. The quantitative estimate of drug-likeness (QED) is 0.710. The van der Waals surface area contributed by atoms with Crippen molar-refractivity contribution in [1.82, 2.24) is 4.57 Å². The zero-order chi connectivity index (χ0) is 10.7. The van der Waals surface area contributed by atoms with Gasteiger partial charge < -0.3 is 8.98 Å². The molecule has 4 nitrogen and oxygen atoms in total. The van der Waals surface area contributed by atoms with Gasteiger partial charge in [0.1, 0.15) is 17.5 Å². The average Bonchev–Trinajstić information content (AvgIpc) is 2.87. The second kappa shape index (κ2) is 3.84. The number of aldehydes is 1. The van der Waals surface area contributed by atoms with Crippen molar-refractivity contribution in [2.75, 3.05) is 0 Å². The first-order chi connectivity index (χ1) is 7.33. The molecule has 0 unspecified atom stereocenters. The summed E-state index contributed by atoms with van der Waals surface area (Å²) in [4.78, 5) is 10.5. The highest BCUT2D eigenvalue weighted by atomic mass is 16.3. The molecule has 0 saturated carbocycles. The monoisotopic (exact) mass is 200 g/mol. The number of aromatic nitrogens is 1. The lowest BCUT2D eigenvalue weighted by Gasteiger charge is -2.00. The van der Waals surface area contributed by atoms with Crippen LogP contribution in [0.25, 0.3) is 0 Å². The maximum Gasteiger partial charge on any atom is 0.151 e. The zero-order valence-electron chi connectivity index (χ0n) is 7.88. The van der Waals surface area contributed by atoms with E-state index < -0.39 is 0 Å². The molecule has 15 heavy (non-hydrogen) atoms. The fourth-order valence-electron chi connectivity index (χ4n) is 1.39. The van der Waals surface area contributed by atoms with Gasteiger partial charge in [0, 0.05) is 11.8 Å². The topological polar surface area (TPSA) is 58.9 Å². The van der Waals surface area contributed by atoms with Crippen LogP contribution in [-0.2, 0) is 6.54 Å². The minimum Gasteiger partial charge on any atom is -0.467 e. The molecule has 74 valence electrons. The molecule has 0 aliphatic heterocycles. The molecule has 2 heterocycles. The largest absolute Gasteiger partial charge is 0.467 e. The van der Waals surface area contributed by atoms with Crippen molar-refractivity contribution in [2.24, 2.45) is 0 Å². The lowest BCUT2D eigenvalue weighted by atomic mass is 10.3. The number of hydrogen-bond acceptors (Lipinski definition) is 3. The minimum atomic E-state index is 0.452. The summed E-state index contributed by atoms with van der Waals surface area (Å²) in [5.74, 6) is 0.750. The van der Waals surface area contributed by atoms with Gasteiger partial charge in [-0.15, -0.1) is 0 Å². The average molecular weight is 200 g/mol. The van der Waals surface area contributed by atoms with Gasteiger partial charge in [-0.05, 0) is 18.2 Å². The number of nitrogens with zero attached hydrogens (tertiary/aromatic N) is 2. The Bertz CT molecular complexity index is 503. The van der Waals surface area contributed by atoms with Crippen molar-refractivity contribution in [3.63, 3.8) is 0 Å². The van der Waals surface area contributed by atoms with Crippen molar-refractivity contribution in [1.29, 1.82) is 5.26 Å². The van der Waals surface area contributed by atoms with E-state index in [2.05, 4.69) is 0 Å². The van der Waals surface area contributed by atoms with Crippen molar-refractivity contribution < 1.29 is 9.21 Å². The molecule has 0 aromatic carbocycles. The molecule has 0 radical (unpaired) electrons. The summed E-state index contributed by atoms with van der Waals surface area (Å²) in [6.45, 7) is 0.462. The van der Waals surface area contributed by atoms with Gasteiger partial charge in [-0.2, -0.15) is 5.26 Å². The Balaban J connectivity index is 2.32. The van der Waals surface area contributed by atoms with E-state index in [4.69, 9.17) is 9.68 Å². The van der Waals surface area contributed by atoms with Crippen LogP contribution < -0.4 is 0 Å². The molecule has 0 saturated heterocycles. The molecule has 4 heteroatoms. The Morgan fingerprint density at radius 3 is 3.07 bits per heavy atom. The van der Waals surface area contributed by atoms with Crippen LogP contribution in [0.3, 0.4) is 0 Å². The maximum atomic E-state index is 10.5. The van der Waals surface area contributed by atoms with Gasteiger partial charge in [0.05, 0.1) is 12.8 Å². The fourth-order valence-corrected chi connectivity index (χ4v) is 1.39. The highest BCUT2D eigenvalue weighted by Gasteiger charge is 2.06. The van der Waals surface area contributed by atoms with Gasteiger partial charge in [-0.25, -0.2) is 0 Å². The Morgan fingerprint density at radius 1 is 1.60 bits per heavy atom. The van der Waals surface area contributed by atoms with Crippen molar-refractivity contribution in [3.8, 4) is 6.07 Å². The maximum absolute atomic E-state index is 10.5. The van der Waals surface area contributed by atoms with E-state index in [0.717, 1.165) is 12.0 Å². The zero-order valence-corrected chi connectivity index (χ0v) is 7.88. The molecule has 2 aromatic rings. The number of carbonyl (C=O) groups is 1. The summed E-state index contributed by atoms with van der Waals surface area (Å²) >= 11 is 0. The van der Waals surface area contributed by atoms with Crippen LogP contribution in [0.1, 0.15) is 21.8 Å². The predicted molar refractivity (Wildman–Crippen MR) is 52.3 cm³/mol.